The van der Waals surface area contributed by atoms with Gasteiger partial charge in [-0.1, -0.05) is 36.9 Å². The highest BCUT2D eigenvalue weighted by atomic mass is 19.3. The van der Waals surface area contributed by atoms with E-state index in [0.717, 1.165) is 44.1 Å². The molecule has 0 unspecified atom stereocenters. The lowest BCUT2D eigenvalue weighted by atomic mass is 9.76. The molecule has 0 amide bonds. The maximum atomic E-state index is 15.4. The molecule has 28 heavy (non-hydrogen) atoms. The molecule has 0 atom stereocenters. The summed E-state index contributed by atoms with van der Waals surface area (Å²) < 4.78 is 46.2. The molecule has 0 bridgehead atoms. The zero-order valence-electron chi connectivity index (χ0n) is 16.3. The van der Waals surface area contributed by atoms with Crippen molar-refractivity contribution >= 4 is 16.8 Å². The highest BCUT2D eigenvalue weighted by molar-refractivity contribution is 5.88. The van der Waals surface area contributed by atoms with Crippen LogP contribution < -0.4 is 4.74 Å². The molecule has 0 aliphatic heterocycles. The van der Waals surface area contributed by atoms with Crippen LogP contribution in [-0.2, 0) is 0 Å². The van der Waals surface area contributed by atoms with E-state index in [0.29, 0.717) is 22.3 Å². The quantitative estimate of drug-likeness (QED) is 0.439. The minimum atomic E-state index is -2.98. The van der Waals surface area contributed by atoms with Gasteiger partial charge >= 0.3 is 6.61 Å². The summed E-state index contributed by atoms with van der Waals surface area (Å²) in [5.41, 5.74) is 1.12. The van der Waals surface area contributed by atoms with Crippen molar-refractivity contribution in [1.82, 2.24) is 0 Å². The van der Waals surface area contributed by atoms with Gasteiger partial charge in [0.05, 0.1) is 0 Å². The van der Waals surface area contributed by atoms with Crippen LogP contribution in [-0.4, -0.2) is 6.61 Å². The molecule has 0 radical (unpaired) electrons. The Hall–Kier alpha value is -2.23. The molecule has 4 heteroatoms. The molecule has 2 aromatic carbocycles. The van der Waals surface area contributed by atoms with Crippen molar-refractivity contribution in [1.29, 1.82) is 0 Å². The minimum Gasteiger partial charge on any atom is -0.434 e. The SMILES string of the molecule is C=Cc1ccc2c(F)c(C3CCC(CC/C=C/C)CC3)c(OC(F)F)cc2c1. The van der Waals surface area contributed by atoms with Crippen molar-refractivity contribution in [2.75, 3.05) is 0 Å². The predicted octanol–water partition coefficient (Wildman–Crippen LogP) is 7.85. The molecule has 1 nitrogen and oxygen atoms in total. The molecule has 150 valence electrons. The Balaban J connectivity index is 1.91. The third kappa shape index (κ3) is 4.60. The molecular weight excluding hydrogens is 361 g/mol. The zero-order chi connectivity index (χ0) is 20.1. The largest absolute Gasteiger partial charge is 0.434 e. The summed E-state index contributed by atoms with van der Waals surface area (Å²) >= 11 is 0. The first-order chi connectivity index (χ1) is 13.5. The highest BCUT2D eigenvalue weighted by Gasteiger charge is 2.29. The Bertz CT molecular complexity index is 849. The summed E-state index contributed by atoms with van der Waals surface area (Å²) in [6, 6.07) is 6.77. The van der Waals surface area contributed by atoms with Crippen LogP contribution in [0.3, 0.4) is 0 Å². The standard InChI is InChI=1S/C24H27F3O/c1-3-5-6-7-17-8-11-18(12-9-17)22-21(28-24(26)27)15-19-14-16(4-2)10-13-20(19)23(22)25/h3-5,10,13-15,17-18,24H,2,6-9,11-12H2,1H3/b5-3+. The van der Waals surface area contributed by atoms with Crippen LogP contribution >= 0.6 is 0 Å². The molecule has 0 N–H and O–H groups in total. The number of fused-ring (bicyclic) bond motifs is 1. The summed E-state index contributed by atoms with van der Waals surface area (Å²) in [4.78, 5) is 0. The first-order valence-corrected chi connectivity index (χ1v) is 9.98. The number of ether oxygens (including phenoxy) is 1. The second-order valence-corrected chi connectivity index (χ2v) is 7.53. The van der Waals surface area contributed by atoms with Crippen molar-refractivity contribution in [2.45, 2.75) is 58.0 Å². The molecule has 0 saturated heterocycles. The number of hydrogen-bond acceptors (Lipinski definition) is 1. The van der Waals surface area contributed by atoms with E-state index in [-0.39, 0.29) is 11.7 Å². The number of rotatable bonds is 7. The Labute approximate surface area is 164 Å². The van der Waals surface area contributed by atoms with Crippen LogP contribution in [0, 0.1) is 11.7 Å². The van der Waals surface area contributed by atoms with Crippen LogP contribution in [0.4, 0.5) is 13.2 Å². The lowest BCUT2D eigenvalue weighted by Crippen LogP contribution is -2.16. The van der Waals surface area contributed by atoms with Crippen molar-refractivity contribution in [2.24, 2.45) is 5.92 Å². The van der Waals surface area contributed by atoms with Gasteiger partial charge in [-0.05, 0) is 80.4 Å². The van der Waals surface area contributed by atoms with Gasteiger partial charge in [0, 0.05) is 10.9 Å². The number of alkyl halides is 2. The van der Waals surface area contributed by atoms with E-state index in [1.807, 2.05) is 6.92 Å². The molecule has 0 aromatic heterocycles. The third-order valence-electron chi connectivity index (χ3n) is 5.78. The molecule has 1 aliphatic rings. The molecule has 2 aromatic rings. The Kier molecular flexibility index (Phi) is 6.82. The van der Waals surface area contributed by atoms with Gasteiger partial charge in [-0.2, -0.15) is 8.78 Å². The Morgan fingerprint density at radius 2 is 1.93 bits per heavy atom. The van der Waals surface area contributed by atoms with Crippen LogP contribution in [0.2, 0.25) is 0 Å². The average Bonchev–Trinajstić information content (AvgIpc) is 2.68. The van der Waals surface area contributed by atoms with E-state index < -0.39 is 12.4 Å². The molecule has 1 saturated carbocycles. The maximum absolute atomic E-state index is 15.4. The van der Waals surface area contributed by atoms with E-state index in [1.165, 1.54) is 0 Å². The zero-order valence-corrected chi connectivity index (χ0v) is 16.3. The number of allylic oxidation sites excluding steroid dienone is 2. The highest BCUT2D eigenvalue weighted by Crippen LogP contribution is 2.44. The number of benzene rings is 2. The summed E-state index contributed by atoms with van der Waals surface area (Å²) in [5, 5.41) is 0.992. The second kappa shape index (κ2) is 9.31. The van der Waals surface area contributed by atoms with Crippen molar-refractivity contribution in [3.05, 3.63) is 59.9 Å². The molecule has 0 heterocycles. The van der Waals surface area contributed by atoms with Gasteiger partial charge < -0.3 is 4.74 Å². The van der Waals surface area contributed by atoms with Gasteiger partial charge in [0.25, 0.3) is 0 Å². The Morgan fingerprint density at radius 3 is 2.57 bits per heavy atom. The van der Waals surface area contributed by atoms with E-state index in [1.54, 1.807) is 30.3 Å². The van der Waals surface area contributed by atoms with Crippen molar-refractivity contribution in [3.63, 3.8) is 0 Å². The van der Waals surface area contributed by atoms with E-state index in [9.17, 15) is 8.78 Å². The third-order valence-corrected chi connectivity index (χ3v) is 5.78. The molecule has 1 fully saturated rings. The summed E-state index contributed by atoms with van der Waals surface area (Å²) in [5.74, 6) is 0.0699. The average molecular weight is 388 g/mol. The fourth-order valence-corrected chi connectivity index (χ4v) is 4.31. The predicted molar refractivity (Wildman–Crippen MR) is 109 cm³/mol. The fraction of sp³-hybridized carbons (Fsp3) is 0.417. The first-order valence-electron chi connectivity index (χ1n) is 9.98. The van der Waals surface area contributed by atoms with Crippen molar-refractivity contribution < 1.29 is 17.9 Å². The molecule has 3 rings (SSSR count). The maximum Gasteiger partial charge on any atom is 0.387 e. The normalized spacial score (nSPS) is 20.2. The minimum absolute atomic E-state index is 0.0291. The van der Waals surface area contributed by atoms with Gasteiger partial charge in [0.2, 0.25) is 0 Å². The van der Waals surface area contributed by atoms with Gasteiger partial charge in [0.15, 0.2) is 0 Å². The van der Waals surface area contributed by atoms with Gasteiger partial charge in [-0.15, -0.1) is 0 Å². The van der Waals surface area contributed by atoms with Crippen molar-refractivity contribution in [3.8, 4) is 5.75 Å². The van der Waals surface area contributed by atoms with E-state index >= 15 is 4.39 Å². The van der Waals surface area contributed by atoms with Crippen LogP contribution in [0.25, 0.3) is 16.8 Å². The first kappa shape index (κ1) is 20.5. The molecule has 0 spiro atoms. The summed E-state index contributed by atoms with van der Waals surface area (Å²) in [6.45, 7) is 2.75. The monoisotopic (exact) mass is 388 g/mol. The number of hydrogen-bond donors (Lipinski definition) is 0. The Morgan fingerprint density at radius 1 is 1.18 bits per heavy atom. The lowest BCUT2D eigenvalue weighted by molar-refractivity contribution is -0.0508. The van der Waals surface area contributed by atoms with Crippen LogP contribution in [0.1, 0.15) is 62.5 Å². The van der Waals surface area contributed by atoms with Gasteiger partial charge in [0.1, 0.15) is 11.6 Å². The van der Waals surface area contributed by atoms with Crippen LogP contribution in [0.15, 0.2) is 43.0 Å². The molecular formula is C24H27F3O. The fourth-order valence-electron chi connectivity index (χ4n) is 4.31. The van der Waals surface area contributed by atoms with E-state index in [2.05, 4.69) is 18.7 Å². The lowest BCUT2D eigenvalue weighted by Gasteiger charge is -2.30. The van der Waals surface area contributed by atoms with Gasteiger partial charge in [-0.3, -0.25) is 0 Å². The number of halogens is 3. The molecule has 1 aliphatic carbocycles. The smallest absolute Gasteiger partial charge is 0.387 e. The van der Waals surface area contributed by atoms with Crippen LogP contribution in [0.5, 0.6) is 5.75 Å². The summed E-state index contributed by atoms with van der Waals surface area (Å²) in [6.07, 6.45) is 11.6. The van der Waals surface area contributed by atoms with E-state index in [4.69, 9.17) is 4.74 Å². The van der Waals surface area contributed by atoms with Gasteiger partial charge in [-0.25, -0.2) is 4.39 Å². The topological polar surface area (TPSA) is 9.23 Å². The summed E-state index contributed by atoms with van der Waals surface area (Å²) in [7, 11) is 0. The second-order valence-electron chi connectivity index (χ2n) is 7.53.